The van der Waals surface area contributed by atoms with E-state index in [4.69, 9.17) is 0 Å². The number of benzene rings is 1. The summed E-state index contributed by atoms with van der Waals surface area (Å²) < 4.78 is 38.5. The molecule has 2 unspecified atom stereocenters. The van der Waals surface area contributed by atoms with Crippen LogP contribution in [0.4, 0.5) is 13.2 Å². The summed E-state index contributed by atoms with van der Waals surface area (Å²) in [5, 5.41) is 3.35. The van der Waals surface area contributed by atoms with Crippen LogP contribution in [0.2, 0.25) is 0 Å². The van der Waals surface area contributed by atoms with Crippen LogP contribution >= 0.6 is 0 Å². The number of nitrogens with one attached hydrogen (secondary N) is 1. The Bertz CT molecular complexity index is 551. The number of halogens is 3. The first-order valence-electron chi connectivity index (χ1n) is 8.64. The molecule has 2 rings (SSSR count). The van der Waals surface area contributed by atoms with Gasteiger partial charge in [0.15, 0.2) is 5.96 Å². The van der Waals surface area contributed by atoms with Gasteiger partial charge in [0, 0.05) is 39.8 Å². The van der Waals surface area contributed by atoms with E-state index in [1.807, 2.05) is 23.1 Å². The van der Waals surface area contributed by atoms with E-state index >= 15 is 0 Å². The Hall–Kier alpha value is -1.76. The van der Waals surface area contributed by atoms with Crippen molar-refractivity contribution in [1.82, 2.24) is 15.1 Å². The van der Waals surface area contributed by atoms with Crippen molar-refractivity contribution in [2.24, 2.45) is 4.99 Å². The molecule has 0 bridgehead atoms. The van der Waals surface area contributed by atoms with Crippen LogP contribution in [0.1, 0.15) is 25.3 Å². The molecule has 4 nitrogen and oxygen atoms in total. The molecule has 1 heterocycles. The van der Waals surface area contributed by atoms with Gasteiger partial charge >= 0.3 is 6.18 Å². The van der Waals surface area contributed by atoms with Crippen LogP contribution in [0.3, 0.4) is 0 Å². The van der Waals surface area contributed by atoms with E-state index in [1.54, 1.807) is 7.05 Å². The van der Waals surface area contributed by atoms with Gasteiger partial charge in [0.25, 0.3) is 0 Å². The minimum Gasteiger partial charge on any atom is -0.356 e. The van der Waals surface area contributed by atoms with Crippen molar-refractivity contribution in [3.05, 3.63) is 35.9 Å². The summed E-state index contributed by atoms with van der Waals surface area (Å²) in [6, 6.07) is 8.80. The molecule has 1 aromatic rings. The van der Waals surface area contributed by atoms with E-state index < -0.39 is 12.2 Å². The highest BCUT2D eigenvalue weighted by Gasteiger charge is 2.41. The van der Waals surface area contributed by atoms with Gasteiger partial charge in [-0.3, -0.25) is 9.89 Å². The summed E-state index contributed by atoms with van der Waals surface area (Å²) in [5.74, 6) is 1.08. The molecule has 0 amide bonds. The Labute approximate surface area is 147 Å². The molecule has 0 saturated carbocycles. The van der Waals surface area contributed by atoms with Gasteiger partial charge in [0.1, 0.15) is 6.04 Å². The largest absolute Gasteiger partial charge is 0.403 e. The lowest BCUT2D eigenvalue weighted by atomic mass is 10.0. The highest BCUT2D eigenvalue weighted by atomic mass is 19.4. The maximum absolute atomic E-state index is 12.8. The topological polar surface area (TPSA) is 30.9 Å². The van der Waals surface area contributed by atoms with Crippen molar-refractivity contribution < 1.29 is 13.2 Å². The molecule has 140 valence electrons. The number of guanidine groups is 1. The first-order chi connectivity index (χ1) is 11.8. The first-order valence-corrected chi connectivity index (χ1v) is 8.64. The zero-order valence-electron chi connectivity index (χ0n) is 15.1. The van der Waals surface area contributed by atoms with E-state index in [1.165, 1.54) is 17.4 Å². The van der Waals surface area contributed by atoms with Gasteiger partial charge in [-0.05, 0) is 18.4 Å². The maximum Gasteiger partial charge on any atom is 0.403 e. The molecular weight excluding hydrogens is 329 g/mol. The lowest BCUT2D eigenvalue weighted by Gasteiger charge is -2.39. The number of alkyl halides is 3. The molecular formula is C18H27F3N4. The van der Waals surface area contributed by atoms with Crippen LogP contribution in [0.5, 0.6) is 0 Å². The van der Waals surface area contributed by atoms with Crippen molar-refractivity contribution in [1.29, 1.82) is 0 Å². The molecule has 1 aromatic carbocycles. The second-order valence-corrected chi connectivity index (χ2v) is 6.48. The Morgan fingerprint density at radius 3 is 2.24 bits per heavy atom. The lowest BCUT2D eigenvalue weighted by Crippen LogP contribution is -2.57. The quantitative estimate of drug-likeness (QED) is 0.665. The molecule has 0 aliphatic carbocycles. The van der Waals surface area contributed by atoms with E-state index in [0.717, 1.165) is 12.5 Å². The van der Waals surface area contributed by atoms with Gasteiger partial charge in [-0.15, -0.1) is 0 Å². The lowest BCUT2D eigenvalue weighted by molar-refractivity contribution is -0.181. The summed E-state index contributed by atoms with van der Waals surface area (Å²) in [6.45, 7) is 5.95. The Morgan fingerprint density at radius 1 is 1.12 bits per heavy atom. The van der Waals surface area contributed by atoms with Gasteiger partial charge in [0.2, 0.25) is 0 Å². The number of piperazine rings is 1. The molecule has 25 heavy (non-hydrogen) atoms. The SMILES string of the molecule is CN=C(NCC(C)c1ccccc1)N1CCN(C(C)C(F)(F)F)CC1. The molecule has 0 radical (unpaired) electrons. The van der Waals surface area contributed by atoms with Gasteiger partial charge < -0.3 is 10.2 Å². The molecule has 1 aliphatic heterocycles. The highest BCUT2D eigenvalue weighted by molar-refractivity contribution is 5.80. The van der Waals surface area contributed by atoms with Crippen molar-refractivity contribution in [2.75, 3.05) is 39.8 Å². The third-order valence-electron chi connectivity index (χ3n) is 4.78. The fourth-order valence-electron chi connectivity index (χ4n) is 3.00. The smallest absolute Gasteiger partial charge is 0.356 e. The second kappa shape index (κ2) is 8.56. The van der Waals surface area contributed by atoms with E-state index in [-0.39, 0.29) is 0 Å². The third-order valence-corrected chi connectivity index (χ3v) is 4.78. The van der Waals surface area contributed by atoms with Crippen molar-refractivity contribution in [3.8, 4) is 0 Å². The predicted molar refractivity (Wildman–Crippen MR) is 94.9 cm³/mol. The zero-order valence-corrected chi connectivity index (χ0v) is 15.1. The Kier molecular flexibility index (Phi) is 6.70. The van der Waals surface area contributed by atoms with Crippen LogP contribution in [-0.4, -0.2) is 67.7 Å². The molecule has 1 aliphatic rings. The Morgan fingerprint density at radius 2 is 1.72 bits per heavy atom. The first kappa shape index (κ1) is 19.6. The minimum absolute atomic E-state index is 0.324. The van der Waals surface area contributed by atoms with E-state index in [0.29, 0.717) is 32.1 Å². The van der Waals surface area contributed by atoms with Crippen LogP contribution in [0.25, 0.3) is 0 Å². The van der Waals surface area contributed by atoms with Crippen LogP contribution < -0.4 is 5.32 Å². The van der Waals surface area contributed by atoms with Crippen molar-refractivity contribution in [3.63, 3.8) is 0 Å². The van der Waals surface area contributed by atoms with E-state index in [9.17, 15) is 13.2 Å². The van der Waals surface area contributed by atoms with Gasteiger partial charge in [-0.25, -0.2) is 0 Å². The molecule has 1 N–H and O–H groups in total. The third kappa shape index (κ3) is 5.36. The predicted octanol–water partition coefficient (Wildman–Crippen LogP) is 2.93. The monoisotopic (exact) mass is 356 g/mol. The van der Waals surface area contributed by atoms with Gasteiger partial charge in [-0.2, -0.15) is 13.2 Å². The Balaban J connectivity index is 1.84. The number of nitrogens with zero attached hydrogens (tertiary/aromatic N) is 3. The standard InChI is InChI=1S/C18H27F3N4/c1-14(16-7-5-4-6-8-16)13-23-17(22-3)25-11-9-24(10-12-25)15(2)18(19,20)21/h4-8,14-15H,9-13H2,1-3H3,(H,22,23). The number of hydrogen-bond donors (Lipinski definition) is 1. The average molecular weight is 356 g/mol. The molecule has 0 aromatic heterocycles. The normalized spacial score (nSPS) is 19.6. The molecule has 0 spiro atoms. The number of aliphatic imine (C=N–C) groups is 1. The van der Waals surface area contributed by atoms with Crippen LogP contribution in [0, 0.1) is 0 Å². The summed E-state index contributed by atoms with van der Waals surface area (Å²) >= 11 is 0. The fourth-order valence-corrected chi connectivity index (χ4v) is 3.00. The molecule has 7 heteroatoms. The van der Waals surface area contributed by atoms with Gasteiger partial charge in [-0.1, -0.05) is 37.3 Å². The molecule has 1 saturated heterocycles. The highest BCUT2D eigenvalue weighted by Crippen LogP contribution is 2.25. The minimum atomic E-state index is -4.17. The number of hydrogen-bond acceptors (Lipinski definition) is 2. The maximum atomic E-state index is 12.8. The summed E-state index contributed by atoms with van der Waals surface area (Å²) in [5.41, 5.74) is 1.24. The van der Waals surface area contributed by atoms with Crippen molar-refractivity contribution >= 4 is 5.96 Å². The summed E-state index contributed by atoms with van der Waals surface area (Å²) in [7, 11) is 1.71. The average Bonchev–Trinajstić information content (AvgIpc) is 2.62. The molecule has 1 fully saturated rings. The van der Waals surface area contributed by atoms with Crippen LogP contribution in [0.15, 0.2) is 35.3 Å². The number of rotatable bonds is 4. The second-order valence-electron chi connectivity index (χ2n) is 6.48. The fraction of sp³-hybridized carbons (Fsp3) is 0.611. The van der Waals surface area contributed by atoms with Crippen LogP contribution in [-0.2, 0) is 0 Å². The van der Waals surface area contributed by atoms with Crippen molar-refractivity contribution in [2.45, 2.75) is 32.0 Å². The summed E-state index contributed by atoms with van der Waals surface area (Å²) in [4.78, 5) is 7.79. The van der Waals surface area contributed by atoms with E-state index in [2.05, 4.69) is 29.4 Å². The zero-order chi connectivity index (χ0) is 18.4. The van der Waals surface area contributed by atoms with Gasteiger partial charge in [0.05, 0.1) is 0 Å². The molecule has 2 atom stereocenters. The summed E-state index contributed by atoms with van der Waals surface area (Å²) in [6.07, 6.45) is -4.17.